The minimum Gasteiger partial charge on any atom is -0.496 e. The van der Waals surface area contributed by atoms with Crippen molar-refractivity contribution in [1.29, 1.82) is 0 Å². The summed E-state index contributed by atoms with van der Waals surface area (Å²) >= 11 is 1.70. The lowest BCUT2D eigenvalue weighted by Gasteiger charge is -2.20. The van der Waals surface area contributed by atoms with Crippen LogP contribution in [0.5, 0.6) is 11.5 Å². The van der Waals surface area contributed by atoms with Gasteiger partial charge in [0.05, 0.1) is 25.8 Å². The summed E-state index contributed by atoms with van der Waals surface area (Å²) in [6.07, 6.45) is 0. The monoisotopic (exact) mass is 278 g/mol. The van der Waals surface area contributed by atoms with Gasteiger partial charge < -0.3 is 9.47 Å². The first-order valence-electron chi connectivity index (χ1n) is 5.94. The molecule has 0 saturated heterocycles. The summed E-state index contributed by atoms with van der Waals surface area (Å²) in [6, 6.07) is 9.70. The van der Waals surface area contributed by atoms with Gasteiger partial charge in [-0.25, -0.2) is 5.43 Å². The lowest BCUT2D eigenvalue weighted by atomic mass is 10.0. The topological polar surface area (TPSA) is 56.5 Å². The van der Waals surface area contributed by atoms with Crippen LogP contribution in [0.4, 0.5) is 0 Å². The number of ether oxygens (including phenoxy) is 2. The standard InChI is InChI=1S/C14H18N2O2S/c1-9-7-8-12(19-9)14(16-15)13-10(17-2)5-4-6-11(13)18-3/h4-8,14,16H,15H2,1-3H3. The van der Waals surface area contributed by atoms with E-state index < -0.39 is 0 Å². The van der Waals surface area contributed by atoms with E-state index >= 15 is 0 Å². The summed E-state index contributed by atoms with van der Waals surface area (Å²) in [7, 11) is 3.29. The predicted octanol–water partition coefficient (Wildman–Crippen LogP) is 2.63. The quantitative estimate of drug-likeness (QED) is 0.652. The summed E-state index contributed by atoms with van der Waals surface area (Å²) in [5.41, 5.74) is 3.76. The van der Waals surface area contributed by atoms with Crippen LogP contribution in [-0.4, -0.2) is 14.2 Å². The number of benzene rings is 1. The first kappa shape index (κ1) is 13.9. The molecule has 1 heterocycles. The van der Waals surface area contributed by atoms with Crippen molar-refractivity contribution in [2.24, 2.45) is 5.84 Å². The van der Waals surface area contributed by atoms with Crippen LogP contribution in [-0.2, 0) is 0 Å². The highest BCUT2D eigenvalue weighted by Gasteiger charge is 2.22. The molecule has 0 bridgehead atoms. The number of hydrogen-bond donors (Lipinski definition) is 2. The van der Waals surface area contributed by atoms with Gasteiger partial charge in [0.25, 0.3) is 0 Å². The molecule has 1 unspecified atom stereocenters. The van der Waals surface area contributed by atoms with Gasteiger partial charge in [-0.1, -0.05) is 6.07 Å². The van der Waals surface area contributed by atoms with E-state index in [1.165, 1.54) is 4.88 Å². The zero-order valence-electron chi connectivity index (χ0n) is 11.3. The molecule has 0 fully saturated rings. The van der Waals surface area contributed by atoms with Crippen LogP contribution in [0, 0.1) is 6.92 Å². The van der Waals surface area contributed by atoms with Gasteiger partial charge in [-0.3, -0.25) is 5.84 Å². The molecule has 5 heteroatoms. The van der Waals surface area contributed by atoms with Gasteiger partial charge in [-0.2, -0.15) is 0 Å². The molecule has 0 spiro atoms. The molecule has 3 N–H and O–H groups in total. The second kappa shape index (κ2) is 6.06. The number of hydrogen-bond acceptors (Lipinski definition) is 5. The Kier molecular flexibility index (Phi) is 4.42. The van der Waals surface area contributed by atoms with Crippen molar-refractivity contribution in [3.05, 3.63) is 45.6 Å². The number of methoxy groups -OCH3 is 2. The molecule has 0 saturated carbocycles. The number of nitrogens with one attached hydrogen (secondary N) is 1. The maximum Gasteiger partial charge on any atom is 0.127 e. The second-order valence-corrected chi connectivity index (χ2v) is 5.44. The largest absolute Gasteiger partial charge is 0.496 e. The molecular weight excluding hydrogens is 260 g/mol. The lowest BCUT2D eigenvalue weighted by molar-refractivity contribution is 0.377. The first-order valence-corrected chi connectivity index (χ1v) is 6.76. The van der Waals surface area contributed by atoms with Crippen molar-refractivity contribution >= 4 is 11.3 Å². The van der Waals surface area contributed by atoms with Crippen LogP contribution in [0.15, 0.2) is 30.3 Å². The Morgan fingerprint density at radius 2 is 1.74 bits per heavy atom. The van der Waals surface area contributed by atoms with Crippen LogP contribution in [0.2, 0.25) is 0 Å². The molecule has 0 amide bonds. The smallest absolute Gasteiger partial charge is 0.127 e. The predicted molar refractivity (Wildman–Crippen MR) is 77.8 cm³/mol. The minimum atomic E-state index is -0.148. The molecule has 1 atom stereocenters. The molecule has 4 nitrogen and oxygen atoms in total. The van der Waals surface area contributed by atoms with E-state index in [-0.39, 0.29) is 6.04 Å². The molecule has 102 valence electrons. The third-order valence-corrected chi connectivity index (χ3v) is 4.03. The number of aryl methyl sites for hydroxylation is 1. The van der Waals surface area contributed by atoms with Crippen molar-refractivity contribution in [2.45, 2.75) is 13.0 Å². The molecular formula is C14H18N2O2S. The van der Waals surface area contributed by atoms with Gasteiger partial charge in [0.1, 0.15) is 11.5 Å². The van der Waals surface area contributed by atoms with Crippen molar-refractivity contribution in [3.8, 4) is 11.5 Å². The zero-order chi connectivity index (χ0) is 13.8. The van der Waals surface area contributed by atoms with Gasteiger partial charge in [0.2, 0.25) is 0 Å². The zero-order valence-corrected chi connectivity index (χ0v) is 12.1. The van der Waals surface area contributed by atoms with Crippen molar-refractivity contribution < 1.29 is 9.47 Å². The van der Waals surface area contributed by atoms with E-state index in [1.54, 1.807) is 25.6 Å². The van der Waals surface area contributed by atoms with E-state index in [0.29, 0.717) is 0 Å². The molecule has 2 aromatic rings. The average molecular weight is 278 g/mol. The molecule has 0 aliphatic carbocycles. The Morgan fingerprint density at radius 1 is 1.11 bits per heavy atom. The van der Waals surface area contributed by atoms with Gasteiger partial charge in [-0.05, 0) is 31.2 Å². The molecule has 1 aromatic carbocycles. The fourth-order valence-corrected chi connectivity index (χ4v) is 3.03. The molecule has 19 heavy (non-hydrogen) atoms. The third kappa shape index (κ3) is 2.73. The highest BCUT2D eigenvalue weighted by Crippen LogP contribution is 2.38. The van der Waals surface area contributed by atoms with Crippen molar-refractivity contribution in [2.75, 3.05) is 14.2 Å². The molecule has 2 rings (SSSR count). The van der Waals surface area contributed by atoms with Crippen LogP contribution in [0.25, 0.3) is 0 Å². The third-order valence-electron chi connectivity index (χ3n) is 2.97. The maximum atomic E-state index is 5.74. The van der Waals surface area contributed by atoms with E-state index in [2.05, 4.69) is 24.5 Å². The Hall–Kier alpha value is -1.56. The molecule has 1 aromatic heterocycles. The Bertz CT molecular complexity index is 532. The Morgan fingerprint density at radius 3 is 2.16 bits per heavy atom. The van der Waals surface area contributed by atoms with E-state index in [1.807, 2.05) is 18.2 Å². The summed E-state index contributed by atoms with van der Waals surface area (Å²) in [5, 5.41) is 0. The highest BCUT2D eigenvalue weighted by molar-refractivity contribution is 7.12. The second-order valence-electron chi connectivity index (χ2n) is 4.12. The van der Waals surface area contributed by atoms with E-state index in [9.17, 15) is 0 Å². The number of hydrazine groups is 1. The fraction of sp³-hybridized carbons (Fsp3) is 0.286. The minimum absolute atomic E-state index is 0.148. The summed E-state index contributed by atoms with van der Waals surface area (Å²) in [4.78, 5) is 2.37. The van der Waals surface area contributed by atoms with Gasteiger partial charge in [-0.15, -0.1) is 11.3 Å². The van der Waals surface area contributed by atoms with Crippen LogP contribution in [0.3, 0.4) is 0 Å². The number of thiophene rings is 1. The molecule has 0 radical (unpaired) electrons. The molecule has 0 aliphatic heterocycles. The van der Waals surface area contributed by atoms with Crippen LogP contribution >= 0.6 is 11.3 Å². The van der Waals surface area contributed by atoms with E-state index in [0.717, 1.165) is 21.9 Å². The summed E-state index contributed by atoms with van der Waals surface area (Å²) in [5.74, 6) is 7.25. The van der Waals surface area contributed by atoms with Crippen LogP contribution in [0.1, 0.15) is 21.4 Å². The number of rotatable bonds is 5. The van der Waals surface area contributed by atoms with Crippen molar-refractivity contribution in [1.82, 2.24) is 5.43 Å². The summed E-state index contributed by atoms with van der Waals surface area (Å²) in [6.45, 7) is 2.07. The van der Waals surface area contributed by atoms with Crippen molar-refractivity contribution in [3.63, 3.8) is 0 Å². The molecule has 0 aliphatic rings. The first-order chi connectivity index (χ1) is 9.21. The average Bonchev–Trinajstić information content (AvgIpc) is 2.86. The maximum absolute atomic E-state index is 5.74. The summed E-state index contributed by atoms with van der Waals surface area (Å²) < 4.78 is 10.9. The van der Waals surface area contributed by atoms with Gasteiger partial charge in [0.15, 0.2) is 0 Å². The van der Waals surface area contributed by atoms with Gasteiger partial charge in [0, 0.05) is 9.75 Å². The number of nitrogens with two attached hydrogens (primary N) is 1. The fourth-order valence-electron chi connectivity index (χ4n) is 2.08. The Balaban J connectivity index is 2.53. The normalized spacial score (nSPS) is 12.2. The SMILES string of the molecule is COc1cccc(OC)c1C(NN)c1ccc(C)s1. The van der Waals surface area contributed by atoms with E-state index in [4.69, 9.17) is 15.3 Å². The highest BCUT2D eigenvalue weighted by atomic mass is 32.1. The Labute approximate surface area is 117 Å². The lowest BCUT2D eigenvalue weighted by Crippen LogP contribution is -2.29. The van der Waals surface area contributed by atoms with Crippen LogP contribution < -0.4 is 20.7 Å². The van der Waals surface area contributed by atoms with Gasteiger partial charge >= 0.3 is 0 Å².